The first-order valence-electron chi connectivity index (χ1n) is 15.3. The maximum Gasteiger partial charge on any atom is 0.138 e. The second-order valence-electron chi connectivity index (χ2n) is 11.9. The number of hydrogen-bond donors (Lipinski definition) is 0. The van der Waals surface area contributed by atoms with Crippen LogP contribution in [0.4, 0.5) is 0 Å². The Kier molecular flexibility index (Phi) is 5.28. The number of para-hydroxylation sites is 3. The van der Waals surface area contributed by atoms with Crippen molar-refractivity contribution in [3.8, 4) is 11.5 Å². The highest BCUT2D eigenvalue weighted by Gasteiger charge is 2.22. The van der Waals surface area contributed by atoms with Crippen molar-refractivity contribution >= 4 is 54.5 Å². The maximum absolute atomic E-state index is 5.21. The number of benzene rings is 5. The molecule has 202 valence electrons. The Hall–Kier alpha value is -4.89. The van der Waals surface area contributed by atoms with Crippen molar-refractivity contribution in [2.24, 2.45) is 0 Å². The molecule has 8 aromatic rings. The molecule has 9 rings (SSSR count). The maximum atomic E-state index is 5.21. The molecule has 0 aliphatic heterocycles. The molecule has 3 heteroatoms. The van der Waals surface area contributed by atoms with Gasteiger partial charge in [0.05, 0.1) is 27.6 Å². The van der Waals surface area contributed by atoms with Crippen LogP contribution in [0, 0.1) is 0 Å². The predicted molar refractivity (Wildman–Crippen MR) is 176 cm³/mol. The van der Waals surface area contributed by atoms with Crippen LogP contribution < -0.4 is 0 Å². The minimum Gasteiger partial charge on any atom is -0.307 e. The number of hydrogen-bond acceptors (Lipinski definition) is 1. The van der Waals surface area contributed by atoms with Crippen LogP contribution in [-0.4, -0.2) is 14.1 Å². The summed E-state index contributed by atoms with van der Waals surface area (Å²) in [6.07, 6.45) is 6.63. The Morgan fingerprint density at radius 2 is 1.19 bits per heavy atom. The van der Waals surface area contributed by atoms with Gasteiger partial charge in [0.1, 0.15) is 5.82 Å². The Morgan fingerprint density at radius 3 is 1.98 bits per heavy atom. The van der Waals surface area contributed by atoms with Gasteiger partial charge in [-0.3, -0.25) is 4.57 Å². The summed E-state index contributed by atoms with van der Waals surface area (Å²) in [4.78, 5) is 5.21. The Labute approximate surface area is 244 Å². The number of nitrogens with zero attached hydrogens (tertiary/aromatic N) is 3. The fraction of sp³-hybridized carbons (Fsp3) is 0.154. The van der Waals surface area contributed by atoms with Gasteiger partial charge in [0.25, 0.3) is 0 Å². The third kappa shape index (κ3) is 3.50. The summed E-state index contributed by atoms with van der Waals surface area (Å²) in [5, 5.41) is 6.20. The summed E-state index contributed by atoms with van der Waals surface area (Å²) < 4.78 is 4.90. The van der Waals surface area contributed by atoms with Crippen LogP contribution in [-0.2, 0) is 0 Å². The summed E-state index contributed by atoms with van der Waals surface area (Å²) in [7, 11) is 0. The van der Waals surface area contributed by atoms with E-state index in [1.54, 1.807) is 0 Å². The smallest absolute Gasteiger partial charge is 0.138 e. The molecule has 3 aromatic heterocycles. The lowest BCUT2D eigenvalue weighted by Gasteiger charge is -2.22. The van der Waals surface area contributed by atoms with Gasteiger partial charge >= 0.3 is 0 Å². The molecule has 1 saturated carbocycles. The van der Waals surface area contributed by atoms with E-state index in [9.17, 15) is 0 Å². The van der Waals surface area contributed by atoms with Gasteiger partial charge in [-0.05, 0) is 66.8 Å². The van der Waals surface area contributed by atoms with E-state index in [0.29, 0.717) is 5.92 Å². The molecule has 0 bridgehead atoms. The van der Waals surface area contributed by atoms with E-state index < -0.39 is 0 Å². The average molecular weight is 542 g/mol. The summed E-state index contributed by atoms with van der Waals surface area (Å²) in [6, 6.07) is 44.4. The largest absolute Gasteiger partial charge is 0.307 e. The van der Waals surface area contributed by atoms with Gasteiger partial charge in [-0.2, -0.15) is 0 Å². The highest BCUT2D eigenvalue weighted by molar-refractivity contribution is 6.23. The standard InChI is InChI=1S/C39H31N3/c1-2-11-26(12-3-1)28-14-10-15-29(25-28)41-35-19-8-5-16-30(35)32-22-23-33-31-17-6-9-20-36(31)42(39(33)38(32)41)37-24-21-27-13-4-7-18-34(27)40-37/h4-10,13-26H,1-3,11-12H2. The first-order valence-corrected chi connectivity index (χ1v) is 15.3. The SMILES string of the molecule is c1cc(C2CCCCC2)cc(-n2c3ccccc3c3ccc4c5ccccc5n(-c5ccc6ccccc6n5)c4c32)c1. The second kappa shape index (κ2) is 9.32. The summed E-state index contributed by atoms with van der Waals surface area (Å²) in [5.74, 6) is 1.60. The summed E-state index contributed by atoms with van der Waals surface area (Å²) in [6.45, 7) is 0. The zero-order valence-electron chi connectivity index (χ0n) is 23.5. The number of aromatic nitrogens is 3. The lowest BCUT2D eigenvalue weighted by atomic mass is 9.84. The first-order chi connectivity index (χ1) is 20.8. The van der Waals surface area contributed by atoms with E-state index in [1.807, 2.05) is 0 Å². The van der Waals surface area contributed by atoms with Gasteiger partial charge in [-0.15, -0.1) is 0 Å². The second-order valence-corrected chi connectivity index (χ2v) is 11.9. The first kappa shape index (κ1) is 23.8. The molecule has 0 radical (unpaired) electrons. The molecule has 1 aliphatic carbocycles. The summed E-state index contributed by atoms with van der Waals surface area (Å²) >= 11 is 0. The van der Waals surface area contributed by atoms with E-state index in [0.717, 1.165) is 16.7 Å². The van der Waals surface area contributed by atoms with Crippen LogP contribution in [0.2, 0.25) is 0 Å². The Bertz CT molecular complexity index is 2300. The zero-order chi connectivity index (χ0) is 27.6. The monoisotopic (exact) mass is 541 g/mol. The van der Waals surface area contributed by atoms with Crippen molar-refractivity contribution in [1.82, 2.24) is 14.1 Å². The third-order valence-corrected chi connectivity index (χ3v) is 9.49. The minimum absolute atomic E-state index is 0.653. The average Bonchev–Trinajstić information content (AvgIpc) is 3.58. The number of pyridine rings is 1. The van der Waals surface area contributed by atoms with Gasteiger partial charge < -0.3 is 4.57 Å². The molecular formula is C39H31N3. The zero-order valence-corrected chi connectivity index (χ0v) is 23.5. The molecule has 0 spiro atoms. The fourth-order valence-electron chi connectivity index (χ4n) is 7.54. The van der Waals surface area contributed by atoms with Crippen LogP contribution in [0.15, 0.2) is 121 Å². The van der Waals surface area contributed by atoms with Gasteiger partial charge in [0.15, 0.2) is 0 Å². The minimum atomic E-state index is 0.653. The van der Waals surface area contributed by atoms with Crippen molar-refractivity contribution in [1.29, 1.82) is 0 Å². The molecule has 3 heterocycles. The van der Waals surface area contributed by atoms with Crippen LogP contribution >= 0.6 is 0 Å². The molecule has 0 amide bonds. The molecule has 3 nitrogen and oxygen atoms in total. The molecule has 1 fully saturated rings. The van der Waals surface area contributed by atoms with Gasteiger partial charge in [-0.1, -0.05) is 98.1 Å². The molecule has 5 aromatic carbocycles. The van der Waals surface area contributed by atoms with Crippen LogP contribution in [0.3, 0.4) is 0 Å². The number of rotatable bonds is 3. The quantitative estimate of drug-likeness (QED) is 0.218. The molecule has 0 atom stereocenters. The highest BCUT2D eigenvalue weighted by Crippen LogP contribution is 2.42. The Balaban J connectivity index is 1.43. The van der Waals surface area contributed by atoms with E-state index in [1.165, 1.54) is 87.0 Å². The Morgan fingerprint density at radius 1 is 0.524 bits per heavy atom. The fourth-order valence-corrected chi connectivity index (χ4v) is 7.54. The highest BCUT2D eigenvalue weighted by atomic mass is 15.1. The summed E-state index contributed by atoms with van der Waals surface area (Å²) in [5.41, 5.74) is 8.58. The van der Waals surface area contributed by atoms with Crippen molar-refractivity contribution in [3.63, 3.8) is 0 Å². The van der Waals surface area contributed by atoms with Crippen molar-refractivity contribution in [2.45, 2.75) is 38.0 Å². The number of fused-ring (bicyclic) bond motifs is 8. The van der Waals surface area contributed by atoms with Crippen molar-refractivity contribution in [2.75, 3.05) is 0 Å². The normalized spacial score (nSPS) is 14.6. The lowest BCUT2D eigenvalue weighted by molar-refractivity contribution is 0.443. The van der Waals surface area contributed by atoms with Gasteiger partial charge in [0.2, 0.25) is 0 Å². The third-order valence-electron chi connectivity index (χ3n) is 9.49. The van der Waals surface area contributed by atoms with Gasteiger partial charge in [-0.25, -0.2) is 4.98 Å². The van der Waals surface area contributed by atoms with Crippen LogP contribution in [0.1, 0.15) is 43.6 Å². The lowest BCUT2D eigenvalue weighted by Crippen LogP contribution is -2.05. The van der Waals surface area contributed by atoms with Crippen LogP contribution in [0.5, 0.6) is 0 Å². The van der Waals surface area contributed by atoms with E-state index in [-0.39, 0.29) is 0 Å². The molecule has 42 heavy (non-hydrogen) atoms. The molecule has 0 N–H and O–H groups in total. The predicted octanol–water partition coefficient (Wildman–Crippen LogP) is 10.5. The van der Waals surface area contributed by atoms with E-state index in [4.69, 9.17) is 4.98 Å². The van der Waals surface area contributed by atoms with E-state index >= 15 is 0 Å². The van der Waals surface area contributed by atoms with Crippen molar-refractivity contribution in [3.05, 3.63) is 127 Å². The molecule has 0 saturated heterocycles. The molecular weight excluding hydrogens is 510 g/mol. The molecule has 0 unspecified atom stereocenters. The topological polar surface area (TPSA) is 22.8 Å². The van der Waals surface area contributed by atoms with E-state index in [2.05, 4.69) is 130 Å². The van der Waals surface area contributed by atoms with Gasteiger partial charge in [0, 0.05) is 32.6 Å². The molecule has 1 aliphatic rings. The van der Waals surface area contributed by atoms with Crippen molar-refractivity contribution < 1.29 is 0 Å². The van der Waals surface area contributed by atoms with Crippen LogP contribution in [0.25, 0.3) is 66.0 Å².